The number of aromatic nitrogens is 3. The second-order valence-corrected chi connectivity index (χ2v) is 3.30. The quantitative estimate of drug-likeness (QED) is 0.546. The minimum atomic E-state index is -0.484. The summed E-state index contributed by atoms with van der Waals surface area (Å²) >= 11 is 0. The van der Waals surface area contributed by atoms with E-state index in [1.807, 2.05) is 0 Å². The number of hydrogen-bond donors (Lipinski definition) is 0. The summed E-state index contributed by atoms with van der Waals surface area (Å²) in [5.41, 5.74) is 1.59. The van der Waals surface area contributed by atoms with Crippen molar-refractivity contribution in [3.8, 4) is 0 Å². The summed E-state index contributed by atoms with van der Waals surface area (Å²) in [6.07, 6.45) is 0. The zero-order chi connectivity index (χ0) is 11.7. The fourth-order valence-corrected chi connectivity index (χ4v) is 1.31. The molecule has 1 aromatic carbocycles. The first kappa shape index (κ1) is 10.3. The molecule has 16 heavy (non-hydrogen) atoms. The lowest BCUT2D eigenvalue weighted by Crippen LogP contribution is -2.17. The van der Waals surface area contributed by atoms with Crippen LogP contribution in [-0.4, -0.2) is 26.9 Å². The molecule has 0 saturated heterocycles. The maximum Gasteiger partial charge on any atom is 0.332 e. The molecule has 0 N–H and O–H groups in total. The molecule has 1 aromatic heterocycles. The molecule has 0 atom stereocenters. The Bertz CT molecular complexity index is 574. The van der Waals surface area contributed by atoms with E-state index in [0.29, 0.717) is 16.6 Å². The highest BCUT2D eigenvalue weighted by molar-refractivity contribution is 5.97. The van der Waals surface area contributed by atoms with Crippen LogP contribution >= 0.6 is 0 Å². The van der Waals surface area contributed by atoms with E-state index in [2.05, 4.69) is 10.3 Å². The lowest BCUT2D eigenvalue weighted by Gasteiger charge is -1.99. The largest absolute Gasteiger partial charge is 0.332 e. The van der Waals surface area contributed by atoms with Gasteiger partial charge in [0.1, 0.15) is 11.0 Å². The maximum absolute atomic E-state index is 11.1. The van der Waals surface area contributed by atoms with Gasteiger partial charge in [-0.2, -0.15) is 0 Å². The average molecular weight is 219 g/mol. The molecular formula is C10H9N3O3. The topological polar surface area (TPSA) is 74.1 Å². The number of carbonyl (C=O) groups excluding carboxylic acids is 2. The van der Waals surface area contributed by atoms with Crippen molar-refractivity contribution >= 4 is 22.8 Å². The first-order valence-corrected chi connectivity index (χ1v) is 4.63. The van der Waals surface area contributed by atoms with Crippen LogP contribution in [0.4, 0.5) is 0 Å². The predicted molar refractivity (Wildman–Crippen MR) is 54.8 cm³/mol. The van der Waals surface area contributed by atoms with Gasteiger partial charge in [0.05, 0.1) is 0 Å². The number of Topliss-reactive ketones (excluding diaryl/α,β-unsaturated/α-hetero) is 1. The number of benzene rings is 1. The van der Waals surface area contributed by atoms with E-state index >= 15 is 0 Å². The van der Waals surface area contributed by atoms with E-state index in [0.717, 1.165) is 4.85 Å². The molecule has 0 aliphatic carbocycles. The molecule has 2 aromatic rings. The van der Waals surface area contributed by atoms with E-state index in [4.69, 9.17) is 4.84 Å². The first-order valence-electron chi connectivity index (χ1n) is 4.63. The maximum atomic E-state index is 11.1. The minimum absolute atomic E-state index is 0.0519. The Morgan fingerprint density at radius 2 is 2.06 bits per heavy atom. The zero-order valence-corrected chi connectivity index (χ0v) is 8.80. The van der Waals surface area contributed by atoms with Gasteiger partial charge in [0, 0.05) is 12.5 Å². The molecule has 2 rings (SSSR count). The Labute approximate surface area is 90.8 Å². The van der Waals surface area contributed by atoms with Crippen molar-refractivity contribution in [2.45, 2.75) is 13.8 Å². The highest BCUT2D eigenvalue weighted by atomic mass is 16.7. The summed E-state index contributed by atoms with van der Waals surface area (Å²) in [5, 5.41) is 7.45. The van der Waals surface area contributed by atoms with Crippen LogP contribution < -0.4 is 4.84 Å². The number of nitrogens with zero attached hydrogens (tertiary/aromatic N) is 3. The van der Waals surface area contributed by atoms with Gasteiger partial charge in [-0.25, -0.2) is 4.79 Å². The summed E-state index contributed by atoms with van der Waals surface area (Å²) in [5.74, 6) is -0.536. The summed E-state index contributed by atoms with van der Waals surface area (Å²) < 4.78 is 0. The van der Waals surface area contributed by atoms with Crippen LogP contribution in [0.25, 0.3) is 11.0 Å². The summed E-state index contributed by atoms with van der Waals surface area (Å²) in [4.78, 5) is 27.7. The Morgan fingerprint density at radius 3 is 2.69 bits per heavy atom. The zero-order valence-electron chi connectivity index (χ0n) is 8.80. The SMILES string of the molecule is CC(=O)On1nnc2cc(C(C)=O)ccc21. The van der Waals surface area contributed by atoms with Crippen molar-refractivity contribution < 1.29 is 14.4 Å². The van der Waals surface area contributed by atoms with Crippen LogP contribution in [0.5, 0.6) is 0 Å². The standard InChI is InChI=1S/C10H9N3O3/c1-6(14)8-3-4-10-9(5-8)11-12-13(10)16-7(2)15/h3-5H,1-2H3. The van der Waals surface area contributed by atoms with E-state index < -0.39 is 5.97 Å². The van der Waals surface area contributed by atoms with Crippen LogP contribution in [0.2, 0.25) is 0 Å². The van der Waals surface area contributed by atoms with Crippen molar-refractivity contribution in [1.29, 1.82) is 0 Å². The van der Waals surface area contributed by atoms with Gasteiger partial charge in [-0.15, -0.1) is 5.10 Å². The van der Waals surface area contributed by atoms with Crippen LogP contribution in [0, 0.1) is 0 Å². The molecule has 0 radical (unpaired) electrons. The molecule has 6 nitrogen and oxygen atoms in total. The highest BCUT2D eigenvalue weighted by Gasteiger charge is 2.09. The van der Waals surface area contributed by atoms with E-state index in [1.165, 1.54) is 13.8 Å². The Balaban J connectivity index is 2.50. The van der Waals surface area contributed by atoms with Crippen LogP contribution in [0.3, 0.4) is 0 Å². The van der Waals surface area contributed by atoms with Crippen LogP contribution in [-0.2, 0) is 4.79 Å². The fourth-order valence-electron chi connectivity index (χ4n) is 1.31. The molecule has 0 amide bonds. The molecule has 0 aliphatic heterocycles. The Kier molecular flexibility index (Phi) is 2.40. The molecule has 0 spiro atoms. The minimum Gasteiger partial charge on any atom is -0.318 e. The van der Waals surface area contributed by atoms with Gasteiger partial charge in [-0.3, -0.25) is 4.79 Å². The number of ketones is 1. The van der Waals surface area contributed by atoms with Gasteiger partial charge < -0.3 is 4.84 Å². The molecular weight excluding hydrogens is 210 g/mol. The first-order chi connectivity index (χ1) is 7.58. The normalized spacial score (nSPS) is 10.4. The molecule has 0 fully saturated rings. The molecule has 6 heteroatoms. The smallest absolute Gasteiger partial charge is 0.318 e. The Hall–Kier alpha value is -2.24. The summed E-state index contributed by atoms with van der Waals surface area (Å²) in [7, 11) is 0. The van der Waals surface area contributed by atoms with Crippen LogP contribution in [0.1, 0.15) is 24.2 Å². The van der Waals surface area contributed by atoms with E-state index in [-0.39, 0.29) is 5.78 Å². The van der Waals surface area contributed by atoms with Gasteiger partial charge >= 0.3 is 5.97 Å². The van der Waals surface area contributed by atoms with Gasteiger partial charge in [-0.05, 0) is 30.3 Å². The molecule has 82 valence electrons. The number of rotatable bonds is 2. The molecule has 1 heterocycles. The fraction of sp³-hybridized carbons (Fsp3) is 0.200. The lowest BCUT2D eigenvalue weighted by molar-refractivity contribution is -0.142. The van der Waals surface area contributed by atoms with Gasteiger partial charge in [0.2, 0.25) is 0 Å². The van der Waals surface area contributed by atoms with Crippen molar-refractivity contribution in [3.63, 3.8) is 0 Å². The molecule has 0 unspecified atom stereocenters. The predicted octanol–water partition coefficient (Wildman–Crippen LogP) is 0.609. The third-order valence-electron chi connectivity index (χ3n) is 2.04. The van der Waals surface area contributed by atoms with Crippen LogP contribution in [0.15, 0.2) is 18.2 Å². The second kappa shape index (κ2) is 3.73. The van der Waals surface area contributed by atoms with Gasteiger partial charge in [-0.1, -0.05) is 4.85 Å². The van der Waals surface area contributed by atoms with Crippen molar-refractivity contribution in [1.82, 2.24) is 15.2 Å². The second-order valence-electron chi connectivity index (χ2n) is 3.30. The van der Waals surface area contributed by atoms with E-state index in [1.54, 1.807) is 18.2 Å². The van der Waals surface area contributed by atoms with Crippen molar-refractivity contribution in [2.75, 3.05) is 0 Å². The van der Waals surface area contributed by atoms with Crippen molar-refractivity contribution in [3.05, 3.63) is 23.8 Å². The monoisotopic (exact) mass is 219 g/mol. The summed E-state index contributed by atoms with van der Waals surface area (Å²) in [6, 6.07) is 4.87. The number of hydrogen-bond acceptors (Lipinski definition) is 5. The number of carbonyl (C=O) groups is 2. The number of fused-ring (bicyclic) bond motifs is 1. The molecule has 0 bridgehead atoms. The summed E-state index contributed by atoms with van der Waals surface area (Å²) in [6.45, 7) is 2.75. The third kappa shape index (κ3) is 1.77. The highest BCUT2D eigenvalue weighted by Crippen LogP contribution is 2.12. The molecule has 0 aliphatic rings. The van der Waals surface area contributed by atoms with Gasteiger partial charge in [0.15, 0.2) is 5.78 Å². The molecule has 0 saturated carbocycles. The average Bonchev–Trinajstić information content (AvgIpc) is 2.60. The van der Waals surface area contributed by atoms with Gasteiger partial charge in [0.25, 0.3) is 0 Å². The third-order valence-corrected chi connectivity index (χ3v) is 2.04. The Morgan fingerprint density at radius 1 is 1.31 bits per heavy atom. The van der Waals surface area contributed by atoms with Crippen molar-refractivity contribution in [2.24, 2.45) is 0 Å². The van der Waals surface area contributed by atoms with E-state index in [9.17, 15) is 9.59 Å². The lowest BCUT2D eigenvalue weighted by atomic mass is 10.1.